The van der Waals surface area contributed by atoms with E-state index >= 15 is 0 Å². The molecule has 0 aliphatic carbocycles. The van der Waals surface area contributed by atoms with Crippen LogP contribution in [0.25, 0.3) is 0 Å². The number of benzene rings is 1. The second-order valence-corrected chi connectivity index (χ2v) is 4.85. The fourth-order valence-electron chi connectivity index (χ4n) is 2.00. The van der Waals surface area contributed by atoms with Gasteiger partial charge in [-0.2, -0.15) is 0 Å². The van der Waals surface area contributed by atoms with Crippen molar-refractivity contribution in [3.05, 3.63) is 22.7 Å². The molecule has 106 valence electrons. The van der Waals surface area contributed by atoms with Crippen LogP contribution < -0.4 is 9.47 Å². The standard InChI is InChI=1S/C15H21ClO3/c1-4-6-12(17)8-5-7-11-9-15(19-3)13(16)10-14(11)18-2/h9-10H,4-8H2,1-3H3. The number of ether oxygens (including phenoxy) is 2. The molecule has 0 aliphatic heterocycles. The summed E-state index contributed by atoms with van der Waals surface area (Å²) in [5.41, 5.74) is 1.02. The van der Waals surface area contributed by atoms with Gasteiger partial charge in [0.1, 0.15) is 17.3 Å². The molecule has 1 aromatic carbocycles. The van der Waals surface area contributed by atoms with E-state index in [-0.39, 0.29) is 0 Å². The van der Waals surface area contributed by atoms with Crippen molar-refractivity contribution in [3.8, 4) is 11.5 Å². The minimum absolute atomic E-state index is 0.322. The van der Waals surface area contributed by atoms with Gasteiger partial charge in [0.2, 0.25) is 0 Å². The van der Waals surface area contributed by atoms with Crippen molar-refractivity contribution in [1.29, 1.82) is 0 Å². The molecule has 0 spiro atoms. The van der Waals surface area contributed by atoms with E-state index in [1.165, 1.54) is 0 Å². The normalized spacial score (nSPS) is 10.3. The smallest absolute Gasteiger partial charge is 0.137 e. The van der Waals surface area contributed by atoms with Gasteiger partial charge in [0.15, 0.2) is 0 Å². The molecule has 0 N–H and O–H groups in total. The van der Waals surface area contributed by atoms with E-state index in [4.69, 9.17) is 21.1 Å². The second kappa shape index (κ2) is 8.05. The molecule has 0 amide bonds. The Labute approximate surface area is 119 Å². The van der Waals surface area contributed by atoms with E-state index in [0.29, 0.717) is 29.4 Å². The van der Waals surface area contributed by atoms with Gasteiger partial charge in [0.25, 0.3) is 0 Å². The summed E-state index contributed by atoms with van der Waals surface area (Å²) in [6, 6.07) is 3.63. The molecule has 1 rings (SSSR count). The number of hydrogen-bond donors (Lipinski definition) is 0. The first kappa shape index (κ1) is 15.8. The molecule has 0 fully saturated rings. The van der Waals surface area contributed by atoms with Gasteiger partial charge in [0, 0.05) is 18.9 Å². The highest BCUT2D eigenvalue weighted by atomic mass is 35.5. The number of carbonyl (C=O) groups is 1. The van der Waals surface area contributed by atoms with Crippen molar-refractivity contribution in [2.75, 3.05) is 14.2 Å². The van der Waals surface area contributed by atoms with Gasteiger partial charge < -0.3 is 9.47 Å². The Morgan fingerprint density at radius 3 is 2.42 bits per heavy atom. The molecule has 3 nitrogen and oxygen atoms in total. The molecule has 0 unspecified atom stereocenters. The summed E-state index contributed by atoms with van der Waals surface area (Å²) in [4.78, 5) is 11.5. The van der Waals surface area contributed by atoms with Crippen molar-refractivity contribution < 1.29 is 14.3 Å². The van der Waals surface area contributed by atoms with Gasteiger partial charge in [-0.15, -0.1) is 0 Å². The molecule has 0 saturated carbocycles. The van der Waals surface area contributed by atoms with Gasteiger partial charge >= 0.3 is 0 Å². The topological polar surface area (TPSA) is 35.5 Å². The van der Waals surface area contributed by atoms with Gasteiger partial charge in [-0.05, 0) is 30.9 Å². The minimum Gasteiger partial charge on any atom is -0.496 e. The lowest BCUT2D eigenvalue weighted by molar-refractivity contribution is -0.119. The fraction of sp³-hybridized carbons (Fsp3) is 0.533. The highest BCUT2D eigenvalue weighted by Gasteiger charge is 2.10. The molecular formula is C15H21ClO3. The average Bonchev–Trinajstić information content (AvgIpc) is 2.40. The molecule has 0 radical (unpaired) electrons. The Kier molecular flexibility index (Phi) is 6.71. The average molecular weight is 285 g/mol. The number of aryl methyl sites for hydroxylation is 1. The largest absolute Gasteiger partial charge is 0.496 e. The number of hydrogen-bond acceptors (Lipinski definition) is 3. The Bertz CT molecular complexity index is 430. The predicted molar refractivity (Wildman–Crippen MR) is 77.4 cm³/mol. The van der Waals surface area contributed by atoms with Gasteiger partial charge in [-0.1, -0.05) is 18.5 Å². The molecule has 0 aromatic heterocycles. The van der Waals surface area contributed by atoms with Crippen LogP contribution in [0.15, 0.2) is 12.1 Å². The second-order valence-electron chi connectivity index (χ2n) is 4.44. The first-order chi connectivity index (χ1) is 9.12. The van der Waals surface area contributed by atoms with Crippen LogP contribution >= 0.6 is 11.6 Å². The summed E-state index contributed by atoms with van der Waals surface area (Å²) < 4.78 is 10.5. The Hall–Kier alpha value is -1.22. The van der Waals surface area contributed by atoms with Crippen LogP contribution in [0, 0.1) is 0 Å². The first-order valence-corrected chi connectivity index (χ1v) is 6.92. The van der Waals surface area contributed by atoms with Crippen molar-refractivity contribution in [3.63, 3.8) is 0 Å². The van der Waals surface area contributed by atoms with Crippen LogP contribution in [0.2, 0.25) is 5.02 Å². The van der Waals surface area contributed by atoms with Crippen LogP contribution in [0.3, 0.4) is 0 Å². The van der Waals surface area contributed by atoms with Crippen LogP contribution in [0.5, 0.6) is 11.5 Å². The van der Waals surface area contributed by atoms with Crippen molar-refractivity contribution in [2.45, 2.75) is 39.0 Å². The van der Waals surface area contributed by atoms with E-state index in [0.717, 1.165) is 30.6 Å². The minimum atomic E-state index is 0.322. The number of rotatable bonds is 8. The van der Waals surface area contributed by atoms with Crippen molar-refractivity contribution in [2.24, 2.45) is 0 Å². The summed E-state index contributed by atoms with van der Waals surface area (Å²) in [5, 5.41) is 0.533. The maximum Gasteiger partial charge on any atom is 0.137 e. The Morgan fingerprint density at radius 2 is 1.84 bits per heavy atom. The zero-order valence-corrected chi connectivity index (χ0v) is 12.5. The number of halogens is 1. The van der Waals surface area contributed by atoms with E-state index in [1.54, 1.807) is 20.3 Å². The van der Waals surface area contributed by atoms with E-state index in [9.17, 15) is 4.79 Å². The summed E-state index contributed by atoms with van der Waals surface area (Å²) >= 11 is 6.05. The maximum atomic E-state index is 11.5. The van der Waals surface area contributed by atoms with Crippen molar-refractivity contribution in [1.82, 2.24) is 0 Å². The van der Waals surface area contributed by atoms with Gasteiger partial charge in [-0.25, -0.2) is 0 Å². The quantitative estimate of drug-likeness (QED) is 0.722. The number of ketones is 1. The van der Waals surface area contributed by atoms with Crippen molar-refractivity contribution >= 4 is 17.4 Å². The summed E-state index contributed by atoms with van der Waals surface area (Å²) in [6.07, 6.45) is 3.80. The third kappa shape index (κ3) is 4.75. The molecule has 0 aliphatic rings. The number of Topliss-reactive ketones (excluding diaryl/α,β-unsaturated/α-hetero) is 1. The number of methoxy groups -OCH3 is 2. The monoisotopic (exact) mass is 284 g/mol. The Balaban J connectivity index is 2.68. The molecule has 0 heterocycles. The van der Waals surface area contributed by atoms with Crippen LogP contribution in [0.1, 0.15) is 38.2 Å². The SMILES string of the molecule is CCCC(=O)CCCc1cc(OC)c(Cl)cc1OC. The first-order valence-electron chi connectivity index (χ1n) is 6.54. The van der Waals surface area contributed by atoms with E-state index in [1.807, 2.05) is 13.0 Å². The lowest BCUT2D eigenvalue weighted by atomic mass is 10.0. The molecule has 0 atom stereocenters. The molecule has 19 heavy (non-hydrogen) atoms. The van der Waals surface area contributed by atoms with Crippen LogP contribution in [-0.4, -0.2) is 20.0 Å². The summed E-state index contributed by atoms with van der Waals surface area (Å²) in [5.74, 6) is 1.70. The zero-order valence-electron chi connectivity index (χ0n) is 11.8. The number of carbonyl (C=O) groups excluding carboxylic acids is 1. The highest BCUT2D eigenvalue weighted by Crippen LogP contribution is 2.33. The molecule has 0 bridgehead atoms. The predicted octanol–water partition coefficient (Wildman–Crippen LogP) is 4.05. The lowest BCUT2D eigenvalue weighted by Gasteiger charge is -2.12. The Morgan fingerprint density at radius 1 is 1.16 bits per heavy atom. The van der Waals surface area contributed by atoms with E-state index < -0.39 is 0 Å². The summed E-state index contributed by atoms with van der Waals surface area (Å²) in [7, 11) is 3.20. The van der Waals surface area contributed by atoms with E-state index in [2.05, 4.69) is 0 Å². The molecule has 0 saturated heterocycles. The van der Waals surface area contributed by atoms with Crippen LogP contribution in [0.4, 0.5) is 0 Å². The van der Waals surface area contributed by atoms with Gasteiger partial charge in [-0.3, -0.25) is 4.79 Å². The lowest BCUT2D eigenvalue weighted by Crippen LogP contribution is -2.00. The molecule has 1 aromatic rings. The zero-order chi connectivity index (χ0) is 14.3. The third-order valence-corrected chi connectivity index (χ3v) is 3.28. The maximum absolute atomic E-state index is 11.5. The van der Waals surface area contributed by atoms with Gasteiger partial charge in [0.05, 0.1) is 19.2 Å². The third-order valence-electron chi connectivity index (χ3n) is 2.99. The molecule has 4 heteroatoms. The molecular weight excluding hydrogens is 264 g/mol. The highest BCUT2D eigenvalue weighted by molar-refractivity contribution is 6.32. The summed E-state index contributed by atoms with van der Waals surface area (Å²) in [6.45, 7) is 2.02. The fourth-order valence-corrected chi connectivity index (χ4v) is 2.23. The van der Waals surface area contributed by atoms with Crippen LogP contribution in [-0.2, 0) is 11.2 Å².